The Bertz CT molecular complexity index is 963. The molecule has 2 aromatic carbocycles. The van der Waals surface area contributed by atoms with Crippen LogP contribution in [0.25, 0.3) is 5.78 Å². The summed E-state index contributed by atoms with van der Waals surface area (Å²) in [7, 11) is 0. The van der Waals surface area contributed by atoms with Crippen LogP contribution in [-0.2, 0) is 4.79 Å². The zero-order valence-corrected chi connectivity index (χ0v) is 15.2. The quantitative estimate of drug-likeness (QED) is 0.524. The third kappa shape index (κ3) is 4.15. The highest BCUT2D eigenvalue weighted by Crippen LogP contribution is 2.22. The molecular formula is C20H17N5OS. The molecule has 0 atom stereocenters. The summed E-state index contributed by atoms with van der Waals surface area (Å²) in [5.74, 6) is 0.670. The second kappa shape index (κ2) is 8.01. The number of thioether (sulfide) groups is 1. The lowest BCUT2D eigenvalue weighted by molar-refractivity contribution is -0.119. The van der Waals surface area contributed by atoms with E-state index in [0.717, 1.165) is 11.1 Å². The van der Waals surface area contributed by atoms with Crippen molar-refractivity contribution in [3.63, 3.8) is 0 Å². The van der Waals surface area contributed by atoms with Crippen molar-refractivity contribution in [1.82, 2.24) is 24.9 Å². The Kier molecular flexibility index (Phi) is 5.11. The summed E-state index contributed by atoms with van der Waals surface area (Å²) in [6.07, 6.45) is 3.44. The maximum atomic E-state index is 12.6. The third-order valence-electron chi connectivity index (χ3n) is 4.00. The number of aromatic nitrogens is 4. The number of amides is 1. The van der Waals surface area contributed by atoms with E-state index in [1.807, 2.05) is 60.7 Å². The number of nitrogens with one attached hydrogen (secondary N) is 1. The van der Waals surface area contributed by atoms with E-state index in [1.54, 1.807) is 23.0 Å². The van der Waals surface area contributed by atoms with E-state index < -0.39 is 0 Å². The van der Waals surface area contributed by atoms with Gasteiger partial charge < -0.3 is 5.32 Å². The topological polar surface area (TPSA) is 72.2 Å². The fourth-order valence-electron chi connectivity index (χ4n) is 2.76. The summed E-state index contributed by atoms with van der Waals surface area (Å²) in [5, 5.41) is 7.95. The lowest BCUT2D eigenvalue weighted by Crippen LogP contribution is -2.30. The fraction of sp³-hybridized carbons (Fsp3) is 0.100. The highest BCUT2D eigenvalue weighted by molar-refractivity contribution is 7.99. The number of hydrogen-bond donors (Lipinski definition) is 1. The van der Waals surface area contributed by atoms with E-state index in [1.165, 1.54) is 11.8 Å². The number of carbonyl (C=O) groups excluding carboxylic acids is 1. The Balaban J connectivity index is 1.47. The number of carbonyl (C=O) groups is 1. The van der Waals surface area contributed by atoms with Crippen LogP contribution >= 0.6 is 11.8 Å². The third-order valence-corrected chi connectivity index (χ3v) is 4.84. The molecule has 0 aliphatic carbocycles. The van der Waals surface area contributed by atoms with Crippen molar-refractivity contribution < 1.29 is 4.79 Å². The first kappa shape index (κ1) is 17.2. The van der Waals surface area contributed by atoms with Gasteiger partial charge in [0.15, 0.2) is 0 Å². The first-order chi connectivity index (χ1) is 13.3. The first-order valence-corrected chi connectivity index (χ1v) is 9.47. The monoisotopic (exact) mass is 375 g/mol. The van der Waals surface area contributed by atoms with Crippen molar-refractivity contribution in [3.05, 3.63) is 90.3 Å². The minimum Gasteiger partial charge on any atom is -0.344 e. The lowest BCUT2D eigenvalue weighted by Gasteiger charge is -2.19. The van der Waals surface area contributed by atoms with Gasteiger partial charge in [-0.1, -0.05) is 72.4 Å². The van der Waals surface area contributed by atoms with Crippen molar-refractivity contribution in [2.45, 2.75) is 11.2 Å². The Morgan fingerprint density at radius 2 is 1.67 bits per heavy atom. The van der Waals surface area contributed by atoms with Crippen LogP contribution in [0.2, 0.25) is 0 Å². The van der Waals surface area contributed by atoms with Gasteiger partial charge in [-0.2, -0.15) is 4.98 Å². The van der Waals surface area contributed by atoms with Crippen LogP contribution in [0.5, 0.6) is 0 Å². The summed E-state index contributed by atoms with van der Waals surface area (Å²) in [6.45, 7) is 0. The van der Waals surface area contributed by atoms with Gasteiger partial charge in [-0.3, -0.25) is 4.79 Å². The Hall–Kier alpha value is -3.19. The molecule has 0 bridgehead atoms. The molecule has 1 amide bonds. The summed E-state index contributed by atoms with van der Waals surface area (Å²) in [6, 6.07) is 21.5. The molecule has 4 rings (SSSR count). The van der Waals surface area contributed by atoms with Gasteiger partial charge in [0.1, 0.15) is 0 Å². The average molecular weight is 375 g/mol. The molecular weight excluding hydrogens is 358 g/mol. The first-order valence-electron chi connectivity index (χ1n) is 8.49. The molecule has 0 unspecified atom stereocenters. The zero-order chi connectivity index (χ0) is 18.5. The smallest absolute Gasteiger partial charge is 0.253 e. The van der Waals surface area contributed by atoms with Gasteiger partial charge in [0, 0.05) is 12.4 Å². The molecule has 7 heteroatoms. The Morgan fingerprint density at radius 1 is 1.00 bits per heavy atom. The number of nitrogens with zero attached hydrogens (tertiary/aromatic N) is 4. The molecule has 0 aliphatic rings. The van der Waals surface area contributed by atoms with Crippen molar-refractivity contribution in [1.29, 1.82) is 0 Å². The molecule has 0 saturated heterocycles. The zero-order valence-electron chi connectivity index (χ0n) is 14.4. The normalized spacial score (nSPS) is 11.0. The summed E-state index contributed by atoms with van der Waals surface area (Å²) in [5.41, 5.74) is 2.08. The molecule has 0 saturated carbocycles. The van der Waals surface area contributed by atoms with E-state index in [2.05, 4.69) is 20.4 Å². The van der Waals surface area contributed by atoms with Gasteiger partial charge >= 0.3 is 0 Å². The van der Waals surface area contributed by atoms with Gasteiger partial charge in [-0.25, -0.2) is 9.50 Å². The predicted octanol–water partition coefficient (Wildman–Crippen LogP) is 3.12. The highest BCUT2D eigenvalue weighted by atomic mass is 32.2. The molecule has 2 aromatic heterocycles. The molecule has 2 heterocycles. The van der Waals surface area contributed by atoms with Crippen molar-refractivity contribution >= 4 is 23.4 Å². The van der Waals surface area contributed by atoms with Crippen molar-refractivity contribution in [3.8, 4) is 0 Å². The molecule has 0 aliphatic heterocycles. The second-order valence-electron chi connectivity index (χ2n) is 5.87. The summed E-state index contributed by atoms with van der Waals surface area (Å²) >= 11 is 1.29. The van der Waals surface area contributed by atoms with Gasteiger partial charge in [0.05, 0.1) is 11.8 Å². The van der Waals surface area contributed by atoms with Gasteiger partial charge in [-0.15, -0.1) is 5.10 Å². The number of rotatable bonds is 6. The van der Waals surface area contributed by atoms with E-state index >= 15 is 0 Å². The SMILES string of the molecule is O=C(CSc1nc2ncccn2n1)NC(c1ccccc1)c1ccccc1. The van der Waals surface area contributed by atoms with Crippen LogP contribution in [0.1, 0.15) is 17.2 Å². The molecule has 27 heavy (non-hydrogen) atoms. The molecule has 0 radical (unpaired) electrons. The second-order valence-corrected chi connectivity index (χ2v) is 6.81. The Labute approximate surface area is 160 Å². The minimum absolute atomic E-state index is 0.0791. The number of fused-ring (bicyclic) bond motifs is 1. The standard InChI is InChI=1S/C20H17N5OS/c26-17(14-27-20-23-19-21-12-7-13-25(19)24-20)22-18(15-8-3-1-4-9-15)16-10-5-2-6-11-16/h1-13,18H,14H2,(H,22,26). The van der Waals surface area contributed by atoms with Gasteiger partial charge in [0.2, 0.25) is 11.1 Å². The minimum atomic E-state index is -0.198. The molecule has 4 aromatic rings. The fourth-order valence-corrected chi connectivity index (χ4v) is 3.39. The highest BCUT2D eigenvalue weighted by Gasteiger charge is 2.17. The number of benzene rings is 2. The van der Waals surface area contributed by atoms with Gasteiger partial charge in [0.25, 0.3) is 5.78 Å². The molecule has 1 N–H and O–H groups in total. The molecule has 0 fully saturated rings. The summed E-state index contributed by atoms with van der Waals surface area (Å²) in [4.78, 5) is 21.0. The lowest BCUT2D eigenvalue weighted by atomic mass is 9.99. The number of hydrogen-bond acceptors (Lipinski definition) is 5. The molecule has 134 valence electrons. The van der Waals surface area contributed by atoms with Crippen LogP contribution in [0.3, 0.4) is 0 Å². The van der Waals surface area contributed by atoms with Crippen LogP contribution in [-0.4, -0.2) is 31.2 Å². The molecule has 6 nitrogen and oxygen atoms in total. The van der Waals surface area contributed by atoms with Crippen LogP contribution in [0.15, 0.2) is 84.3 Å². The van der Waals surface area contributed by atoms with Crippen molar-refractivity contribution in [2.75, 3.05) is 5.75 Å². The molecule has 0 spiro atoms. The van der Waals surface area contributed by atoms with E-state index in [-0.39, 0.29) is 17.7 Å². The van der Waals surface area contributed by atoms with E-state index in [4.69, 9.17) is 0 Å². The maximum Gasteiger partial charge on any atom is 0.253 e. The largest absolute Gasteiger partial charge is 0.344 e. The Morgan fingerprint density at radius 3 is 2.30 bits per heavy atom. The average Bonchev–Trinajstić information content (AvgIpc) is 3.15. The van der Waals surface area contributed by atoms with Crippen molar-refractivity contribution in [2.24, 2.45) is 0 Å². The van der Waals surface area contributed by atoms with Gasteiger partial charge in [-0.05, 0) is 17.2 Å². The van der Waals surface area contributed by atoms with Crippen LogP contribution in [0, 0.1) is 0 Å². The predicted molar refractivity (Wildman–Crippen MR) is 104 cm³/mol. The van der Waals surface area contributed by atoms with Crippen LogP contribution in [0.4, 0.5) is 0 Å². The summed E-state index contributed by atoms with van der Waals surface area (Å²) < 4.78 is 1.59. The maximum absolute atomic E-state index is 12.6. The van der Waals surface area contributed by atoms with E-state index in [9.17, 15) is 4.79 Å². The van der Waals surface area contributed by atoms with E-state index in [0.29, 0.717) is 10.9 Å². The van der Waals surface area contributed by atoms with Crippen LogP contribution < -0.4 is 5.32 Å².